The van der Waals surface area contributed by atoms with Crippen LogP contribution in [-0.2, 0) is 4.74 Å². The van der Waals surface area contributed by atoms with Gasteiger partial charge in [0.05, 0.1) is 5.76 Å². The van der Waals surface area contributed by atoms with E-state index in [2.05, 4.69) is 43.4 Å². The Kier molecular flexibility index (Phi) is 8.41. The molecule has 0 bridgehead atoms. The quantitative estimate of drug-likeness (QED) is 0.566. The van der Waals surface area contributed by atoms with E-state index in [-0.39, 0.29) is 0 Å². The van der Waals surface area contributed by atoms with Gasteiger partial charge in [-0.15, -0.1) is 0 Å². The van der Waals surface area contributed by atoms with E-state index in [0.29, 0.717) is 5.92 Å². The SMILES string of the molecule is CCCCNCCOC1=CC=C(C(C)c2ccc(Cl)cc2)CCC1. The average Bonchev–Trinajstić information content (AvgIpc) is 2.84. The lowest BCUT2D eigenvalue weighted by molar-refractivity contribution is 0.202. The lowest BCUT2D eigenvalue weighted by atomic mass is 9.90. The Bertz CT molecular complexity index is 547. The number of halogens is 1. The van der Waals surface area contributed by atoms with Crippen LogP contribution in [0.4, 0.5) is 0 Å². The van der Waals surface area contributed by atoms with E-state index in [4.69, 9.17) is 16.3 Å². The van der Waals surface area contributed by atoms with Crippen molar-refractivity contribution in [3.63, 3.8) is 0 Å². The van der Waals surface area contributed by atoms with Gasteiger partial charge in [0.2, 0.25) is 0 Å². The Balaban J connectivity index is 1.85. The topological polar surface area (TPSA) is 21.3 Å². The first-order valence-corrected chi connectivity index (χ1v) is 9.57. The number of rotatable bonds is 9. The summed E-state index contributed by atoms with van der Waals surface area (Å²) in [6, 6.07) is 8.20. The molecule has 0 aromatic heterocycles. The third-order valence-corrected chi connectivity index (χ3v) is 4.82. The van der Waals surface area contributed by atoms with E-state index in [0.717, 1.165) is 49.7 Å². The predicted molar refractivity (Wildman–Crippen MR) is 104 cm³/mol. The summed E-state index contributed by atoms with van der Waals surface area (Å²) in [6.07, 6.45) is 10.2. The fraction of sp³-hybridized carbons (Fsp3) is 0.524. The minimum Gasteiger partial charge on any atom is -0.497 e. The van der Waals surface area contributed by atoms with Crippen molar-refractivity contribution in [3.8, 4) is 0 Å². The molecule has 1 aromatic rings. The molecule has 0 aliphatic heterocycles. The van der Waals surface area contributed by atoms with E-state index in [9.17, 15) is 0 Å². The Morgan fingerprint density at radius 2 is 1.92 bits per heavy atom. The molecule has 24 heavy (non-hydrogen) atoms. The molecule has 1 unspecified atom stereocenters. The van der Waals surface area contributed by atoms with Crippen LogP contribution in [0.25, 0.3) is 0 Å². The van der Waals surface area contributed by atoms with Gasteiger partial charge in [-0.05, 0) is 49.6 Å². The Hall–Kier alpha value is -1.25. The van der Waals surface area contributed by atoms with E-state index in [1.807, 2.05) is 12.1 Å². The maximum Gasteiger partial charge on any atom is 0.100 e. The molecule has 0 radical (unpaired) electrons. The number of ether oxygens (including phenoxy) is 1. The molecular formula is C21H30ClNO. The minimum absolute atomic E-state index is 0.425. The lowest BCUT2D eigenvalue weighted by Gasteiger charge is -2.15. The van der Waals surface area contributed by atoms with Crippen LogP contribution in [-0.4, -0.2) is 19.7 Å². The number of allylic oxidation sites excluding steroid dienone is 4. The van der Waals surface area contributed by atoms with Crippen LogP contribution in [0.5, 0.6) is 0 Å². The fourth-order valence-corrected chi connectivity index (χ4v) is 3.09. The molecule has 0 spiro atoms. The van der Waals surface area contributed by atoms with Crippen LogP contribution in [0.2, 0.25) is 5.02 Å². The van der Waals surface area contributed by atoms with Crippen LogP contribution >= 0.6 is 11.6 Å². The standard InChI is InChI=1S/C21H30ClNO/c1-3-4-14-23-15-16-24-21-7-5-6-18(10-13-21)17(2)19-8-11-20(22)12-9-19/h8-13,17,23H,3-7,14-16H2,1-2H3. The smallest absolute Gasteiger partial charge is 0.100 e. The third-order valence-electron chi connectivity index (χ3n) is 4.57. The van der Waals surface area contributed by atoms with E-state index in [1.54, 1.807) is 0 Å². The zero-order chi connectivity index (χ0) is 17.2. The number of unbranched alkanes of at least 4 members (excludes halogenated alkanes) is 1. The van der Waals surface area contributed by atoms with Gasteiger partial charge in [-0.2, -0.15) is 0 Å². The molecule has 0 fully saturated rings. The summed E-state index contributed by atoms with van der Waals surface area (Å²) in [5, 5.41) is 4.21. The number of hydrogen-bond acceptors (Lipinski definition) is 2. The Labute approximate surface area is 151 Å². The van der Waals surface area contributed by atoms with Crippen molar-refractivity contribution in [2.45, 2.75) is 51.9 Å². The lowest BCUT2D eigenvalue weighted by Crippen LogP contribution is -2.20. The average molecular weight is 348 g/mol. The second-order valence-electron chi connectivity index (χ2n) is 6.45. The summed E-state index contributed by atoms with van der Waals surface area (Å²) < 4.78 is 5.93. The van der Waals surface area contributed by atoms with Gasteiger partial charge in [0.1, 0.15) is 6.61 Å². The first-order valence-electron chi connectivity index (χ1n) is 9.19. The Morgan fingerprint density at radius 3 is 2.67 bits per heavy atom. The van der Waals surface area contributed by atoms with Crippen molar-refractivity contribution < 1.29 is 4.74 Å². The highest BCUT2D eigenvalue weighted by Gasteiger charge is 2.13. The number of nitrogens with one attached hydrogen (secondary N) is 1. The molecule has 1 aliphatic carbocycles. The van der Waals surface area contributed by atoms with Gasteiger partial charge in [0.15, 0.2) is 0 Å². The molecule has 0 heterocycles. The number of hydrogen-bond donors (Lipinski definition) is 1. The normalized spacial score (nSPS) is 16.1. The summed E-state index contributed by atoms with van der Waals surface area (Å²) in [4.78, 5) is 0. The summed E-state index contributed by atoms with van der Waals surface area (Å²) in [7, 11) is 0. The maximum atomic E-state index is 5.99. The highest BCUT2D eigenvalue weighted by molar-refractivity contribution is 6.30. The first kappa shape index (κ1) is 19.1. The molecule has 1 atom stereocenters. The summed E-state index contributed by atoms with van der Waals surface area (Å²) in [5.74, 6) is 1.54. The molecule has 3 heteroatoms. The Morgan fingerprint density at radius 1 is 1.12 bits per heavy atom. The molecule has 0 saturated heterocycles. The van der Waals surface area contributed by atoms with Crippen LogP contribution in [0.15, 0.2) is 47.7 Å². The summed E-state index contributed by atoms with van der Waals surface area (Å²) >= 11 is 5.99. The van der Waals surface area contributed by atoms with Gasteiger partial charge >= 0.3 is 0 Å². The number of benzene rings is 1. The molecule has 1 aromatic carbocycles. The van der Waals surface area contributed by atoms with E-state index >= 15 is 0 Å². The second-order valence-corrected chi connectivity index (χ2v) is 6.89. The summed E-state index contributed by atoms with van der Waals surface area (Å²) in [5.41, 5.74) is 2.79. The van der Waals surface area contributed by atoms with Crippen molar-refractivity contribution in [1.29, 1.82) is 0 Å². The van der Waals surface area contributed by atoms with Gasteiger partial charge in [-0.1, -0.05) is 55.7 Å². The molecule has 0 saturated carbocycles. The molecule has 1 N–H and O–H groups in total. The minimum atomic E-state index is 0.425. The molecule has 1 aliphatic rings. The van der Waals surface area contributed by atoms with Crippen molar-refractivity contribution in [2.24, 2.45) is 0 Å². The van der Waals surface area contributed by atoms with Gasteiger partial charge < -0.3 is 10.1 Å². The zero-order valence-electron chi connectivity index (χ0n) is 15.0. The largest absolute Gasteiger partial charge is 0.497 e. The molecule has 132 valence electrons. The van der Waals surface area contributed by atoms with E-state index < -0.39 is 0 Å². The highest BCUT2D eigenvalue weighted by Crippen LogP contribution is 2.31. The highest BCUT2D eigenvalue weighted by atomic mass is 35.5. The van der Waals surface area contributed by atoms with Crippen molar-refractivity contribution in [2.75, 3.05) is 19.7 Å². The third kappa shape index (κ3) is 6.33. The van der Waals surface area contributed by atoms with Gasteiger partial charge in [-0.25, -0.2) is 0 Å². The molecule has 0 amide bonds. The van der Waals surface area contributed by atoms with Crippen LogP contribution in [0, 0.1) is 0 Å². The fourth-order valence-electron chi connectivity index (χ4n) is 2.96. The van der Waals surface area contributed by atoms with Crippen LogP contribution in [0.1, 0.15) is 57.4 Å². The predicted octanol–water partition coefficient (Wildman–Crippen LogP) is 5.84. The van der Waals surface area contributed by atoms with Crippen molar-refractivity contribution in [3.05, 3.63) is 58.3 Å². The zero-order valence-corrected chi connectivity index (χ0v) is 15.7. The van der Waals surface area contributed by atoms with Crippen LogP contribution < -0.4 is 5.32 Å². The van der Waals surface area contributed by atoms with Crippen molar-refractivity contribution >= 4 is 11.6 Å². The maximum absolute atomic E-state index is 5.99. The summed E-state index contributed by atoms with van der Waals surface area (Å²) in [6.45, 7) is 7.25. The van der Waals surface area contributed by atoms with Crippen LogP contribution in [0.3, 0.4) is 0 Å². The van der Waals surface area contributed by atoms with Gasteiger partial charge in [0.25, 0.3) is 0 Å². The first-order chi connectivity index (χ1) is 11.7. The van der Waals surface area contributed by atoms with Crippen molar-refractivity contribution in [1.82, 2.24) is 5.32 Å². The van der Waals surface area contributed by atoms with Gasteiger partial charge in [-0.3, -0.25) is 0 Å². The van der Waals surface area contributed by atoms with Gasteiger partial charge in [0, 0.05) is 23.9 Å². The molecule has 2 nitrogen and oxygen atoms in total. The monoisotopic (exact) mass is 347 g/mol. The molecular weight excluding hydrogens is 318 g/mol. The van der Waals surface area contributed by atoms with E-state index in [1.165, 1.54) is 24.0 Å². The second kappa shape index (κ2) is 10.6. The molecule has 2 rings (SSSR count).